The van der Waals surface area contributed by atoms with Crippen LogP contribution in [0.5, 0.6) is 0 Å². The van der Waals surface area contributed by atoms with Crippen molar-refractivity contribution in [2.75, 3.05) is 6.54 Å². The number of benzene rings is 1. The number of halogens is 5. The molecule has 5 aliphatic rings. The summed E-state index contributed by atoms with van der Waals surface area (Å²) in [6.45, 7) is 1.39. The third-order valence-electron chi connectivity index (χ3n) is 12.2. The number of nitrogens with two attached hydrogens (primary N) is 1. The Balaban J connectivity index is 1.19. The highest BCUT2D eigenvalue weighted by Gasteiger charge is 2.49. The summed E-state index contributed by atoms with van der Waals surface area (Å²) in [5.74, 6) is -5.24. The second-order valence-electron chi connectivity index (χ2n) is 15.6. The molecule has 4 bridgehead atoms. The molecule has 51 heavy (non-hydrogen) atoms. The fourth-order valence-electron chi connectivity index (χ4n) is 9.12. The monoisotopic (exact) mass is 709 g/mol. The Bertz CT molecular complexity index is 2080. The van der Waals surface area contributed by atoms with Gasteiger partial charge in [0.25, 0.3) is 11.8 Å². The van der Waals surface area contributed by atoms with E-state index in [-0.39, 0.29) is 82.3 Å². The van der Waals surface area contributed by atoms with Crippen molar-refractivity contribution in [3.05, 3.63) is 47.4 Å². The number of piperidine rings is 1. The maximum absolute atomic E-state index is 16.3. The van der Waals surface area contributed by atoms with E-state index in [2.05, 4.69) is 5.32 Å². The molecule has 5 heterocycles. The second kappa shape index (κ2) is 11.7. The molecule has 4 fully saturated rings. The number of alkyl halides is 4. The summed E-state index contributed by atoms with van der Waals surface area (Å²) in [5, 5.41) is 3.52. The highest BCUT2D eigenvalue weighted by Crippen LogP contribution is 2.51. The summed E-state index contributed by atoms with van der Waals surface area (Å²) in [5.41, 5.74) is 7.34. The molecule has 9 nitrogen and oxygen atoms in total. The Labute approximate surface area is 290 Å². The van der Waals surface area contributed by atoms with Crippen LogP contribution in [0.1, 0.15) is 86.4 Å². The molecule has 4 aromatic rings. The highest BCUT2D eigenvalue weighted by atomic mass is 19.3. The molecule has 1 saturated heterocycles. The van der Waals surface area contributed by atoms with E-state index in [9.17, 15) is 18.4 Å². The number of carbonyl (C=O) groups excluding carboxylic acids is 2. The molecule has 3 saturated carbocycles. The molecule has 3 N–H and O–H groups in total. The van der Waals surface area contributed by atoms with Gasteiger partial charge in [-0.15, -0.1) is 0 Å². The van der Waals surface area contributed by atoms with E-state index in [1.807, 2.05) is 0 Å². The zero-order chi connectivity index (χ0) is 35.5. The first-order chi connectivity index (χ1) is 24.4. The molecule has 2 amide bonds. The van der Waals surface area contributed by atoms with Crippen molar-refractivity contribution in [1.29, 1.82) is 0 Å². The van der Waals surface area contributed by atoms with Crippen LogP contribution in [0, 0.1) is 29.5 Å². The van der Waals surface area contributed by atoms with E-state index in [1.54, 1.807) is 30.0 Å². The first-order valence-corrected chi connectivity index (χ1v) is 18.1. The Hall–Kier alpha value is -4.07. The lowest BCUT2D eigenvalue weighted by Crippen LogP contribution is -2.51. The fourth-order valence-corrected chi connectivity index (χ4v) is 9.12. The zero-order valence-corrected chi connectivity index (χ0v) is 28.2. The summed E-state index contributed by atoms with van der Waals surface area (Å²) >= 11 is 0. The number of hydrogen-bond acceptors (Lipinski definition) is 5. The van der Waals surface area contributed by atoms with Crippen molar-refractivity contribution in [1.82, 2.24) is 29.3 Å². The number of amides is 2. The number of rotatable bonds is 4. The maximum atomic E-state index is 16.3. The molecular weight excluding hydrogens is 669 g/mol. The van der Waals surface area contributed by atoms with Crippen LogP contribution in [0.25, 0.3) is 33.6 Å². The minimum absolute atomic E-state index is 0.0120. The number of hydrogen-bond donors (Lipinski definition) is 2. The summed E-state index contributed by atoms with van der Waals surface area (Å²) in [6, 6.07) is 6.20. The van der Waals surface area contributed by atoms with E-state index >= 15 is 13.2 Å². The number of pyridine rings is 1. The molecule has 270 valence electrons. The van der Waals surface area contributed by atoms with E-state index in [0.717, 1.165) is 25.3 Å². The fraction of sp³-hybridized carbons (Fsp3) is 0.568. The standard InChI is InChI=1S/C37H40F5N7O2/c1-17-27-7-5-20-13-30(48(33(20)45-27)16-37(41,42)8-2-3-18-10-23(18)35(50)44-17)34-46-28-12-21(36(51)47-15-26(43)19-4-6-22(47)9-19)11-25(38)31(28)49(34)29-14-24(29)32(39)40/h5,7,11-13,17-19,22-24,26,29,32H,2-4,6,8-10,14-16,43H2,1H3,(H,44,50)/t17-,18-,19-,22+,23-,24+,26+,29+/m1/s1. The summed E-state index contributed by atoms with van der Waals surface area (Å²) < 4.78 is 79.0. The lowest BCUT2D eigenvalue weighted by atomic mass is 9.94. The van der Waals surface area contributed by atoms with Gasteiger partial charge in [0, 0.05) is 53.9 Å². The van der Waals surface area contributed by atoms with Crippen molar-refractivity contribution in [2.45, 2.75) is 101 Å². The molecule has 1 aromatic carbocycles. The SMILES string of the molecule is C[C@H]1NC(=O)[C@@H]2C[C@H]2CCCC(F)(F)Cn2c(-c3nc4cc(C(=O)N5C[C@H](N)[C@@H]6CC[C@H]5C6)cc(F)c4n3[C@H]3C[C@@H]3C(F)F)cc3ccc1nc32. The number of nitrogens with one attached hydrogen (secondary N) is 1. The number of likely N-dealkylation sites (tertiary alicyclic amines) is 1. The van der Waals surface area contributed by atoms with Crippen LogP contribution in [-0.4, -0.2) is 66.8 Å². The second-order valence-corrected chi connectivity index (χ2v) is 15.6. The van der Waals surface area contributed by atoms with Crippen molar-refractivity contribution in [3.8, 4) is 11.5 Å². The summed E-state index contributed by atoms with van der Waals surface area (Å²) in [7, 11) is 0. The minimum atomic E-state index is -3.18. The number of aromatic nitrogens is 4. The van der Waals surface area contributed by atoms with Crippen LogP contribution in [0.15, 0.2) is 30.3 Å². The van der Waals surface area contributed by atoms with Crippen LogP contribution in [-0.2, 0) is 11.3 Å². The average Bonchev–Trinajstić information content (AvgIpc) is 3.93. The Kier molecular flexibility index (Phi) is 7.54. The first-order valence-electron chi connectivity index (χ1n) is 18.1. The van der Waals surface area contributed by atoms with E-state index < -0.39 is 49.1 Å². The molecule has 8 atom stereocenters. The molecule has 0 radical (unpaired) electrons. The van der Waals surface area contributed by atoms with Crippen molar-refractivity contribution in [2.24, 2.45) is 29.4 Å². The zero-order valence-electron chi connectivity index (χ0n) is 28.2. The lowest BCUT2D eigenvalue weighted by Gasteiger charge is -2.37. The first kappa shape index (κ1) is 32.8. The smallest absolute Gasteiger partial charge is 0.265 e. The van der Waals surface area contributed by atoms with E-state index in [1.165, 1.54) is 15.2 Å². The van der Waals surface area contributed by atoms with E-state index in [4.69, 9.17) is 15.7 Å². The number of carbonyl (C=O) groups is 2. The molecule has 3 aromatic heterocycles. The van der Waals surface area contributed by atoms with Gasteiger partial charge in [-0.1, -0.05) is 0 Å². The van der Waals surface area contributed by atoms with Crippen LogP contribution in [0.3, 0.4) is 0 Å². The summed E-state index contributed by atoms with van der Waals surface area (Å²) in [6.07, 6.45) is 0.929. The highest BCUT2D eigenvalue weighted by molar-refractivity contribution is 5.98. The number of imidazole rings is 1. The van der Waals surface area contributed by atoms with Crippen molar-refractivity contribution in [3.63, 3.8) is 0 Å². The maximum Gasteiger partial charge on any atom is 0.265 e. The van der Waals surface area contributed by atoms with Gasteiger partial charge < -0.3 is 25.1 Å². The molecule has 0 spiro atoms. The van der Waals surface area contributed by atoms with Crippen LogP contribution in [0.4, 0.5) is 22.0 Å². The Morgan fingerprint density at radius 2 is 1.88 bits per heavy atom. The summed E-state index contributed by atoms with van der Waals surface area (Å²) in [4.78, 5) is 37.9. The van der Waals surface area contributed by atoms with Gasteiger partial charge in [0.15, 0.2) is 5.82 Å². The van der Waals surface area contributed by atoms with Crippen LogP contribution < -0.4 is 11.1 Å². The lowest BCUT2D eigenvalue weighted by molar-refractivity contribution is -0.123. The van der Waals surface area contributed by atoms with Gasteiger partial charge in [-0.2, -0.15) is 0 Å². The number of fused-ring (bicyclic) bond motifs is 5. The molecule has 3 aliphatic carbocycles. The van der Waals surface area contributed by atoms with Crippen LogP contribution in [0.2, 0.25) is 0 Å². The van der Waals surface area contributed by atoms with Gasteiger partial charge in [-0.25, -0.2) is 31.9 Å². The van der Waals surface area contributed by atoms with Gasteiger partial charge in [0.2, 0.25) is 12.3 Å². The predicted octanol–water partition coefficient (Wildman–Crippen LogP) is 6.60. The predicted molar refractivity (Wildman–Crippen MR) is 179 cm³/mol. The minimum Gasteiger partial charge on any atom is -0.348 e. The quantitative estimate of drug-likeness (QED) is 0.232. The molecule has 2 aliphatic heterocycles. The normalized spacial score (nSPS) is 31.6. The van der Waals surface area contributed by atoms with Gasteiger partial charge in [0.1, 0.15) is 17.0 Å². The van der Waals surface area contributed by atoms with Gasteiger partial charge in [-0.3, -0.25) is 9.59 Å². The van der Waals surface area contributed by atoms with Crippen molar-refractivity contribution >= 4 is 33.9 Å². The molecule has 0 unspecified atom stereocenters. The molecule has 9 rings (SSSR count). The Morgan fingerprint density at radius 1 is 1.06 bits per heavy atom. The van der Waals surface area contributed by atoms with E-state index in [0.29, 0.717) is 36.4 Å². The average molecular weight is 710 g/mol. The Morgan fingerprint density at radius 3 is 2.67 bits per heavy atom. The topological polar surface area (TPSA) is 111 Å². The molecule has 14 heteroatoms. The van der Waals surface area contributed by atoms with Crippen LogP contribution >= 0.6 is 0 Å². The molecular formula is C37H40F5N7O2. The van der Waals surface area contributed by atoms with Gasteiger partial charge in [-0.05, 0) is 94.0 Å². The largest absolute Gasteiger partial charge is 0.348 e. The third kappa shape index (κ3) is 5.59. The number of nitrogens with zero attached hydrogens (tertiary/aromatic N) is 5. The van der Waals surface area contributed by atoms with Gasteiger partial charge in [0.05, 0.1) is 29.5 Å². The van der Waals surface area contributed by atoms with Gasteiger partial charge >= 0.3 is 0 Å². The van der Waals surface area contributed by atoms with Crippen molar-refractivity contribution < 1.29 is 31.5 Å². The third-order valence-corrected chi connectivity index (χ3v) is 12.2.